The maximum Gasteiger partial charge on any atom is 0.338 e. The summed E-state index contributed by atoms with van der Waals surface area (Å²) >= 11 is 11.7. The minimum absolute atomic E-state index is 0.0157. The molecule has 1 aromatic rings. The third-order valence-corrected chi connectivity index (χ3v) is 3.93. The molecule has 18 heavy (non-hydrogen) atoms. The van der Waals surface area contributed by atoms with Crippen LogP contribution in [0.15, 0.2) is 12.1 Å². The van der Waals surface area contributed by atoms with E-state index in [0.717, 1.165) is 25.7 Å². The molecular formula is C13H15Cl2NO2. The van der Waals surface area contributed by atoms with Crippen molar-refractivity contribution < 1.29 is 9.53 Å². The number of ether oxygens (including phenoxy) is 1. The van der Waals surface area contributed by atoms with E-state index in [1.54, 1.807) is 0 Å². The molecule has 1 aliphatic carbocycles. The largest absolute Gasteiger partial charge is 0.459 e. The third-order valence-electron chi connectivity index (χ3n) is 3.12. The highest BCUT2D eigenvalue weighted by Gasteiger charge is 2.19. The third kappa shape index (κ3) is 3.09. The molecule has 1 saturated carbocycles. The van der Waals surface area contributed by atoms with Gasteiger partial charge in [-0.1, -0.05) is 29.6 Å². The summed E-state index contributed by atoms with van der Waals surface area (Å²) in [5.74, 6) is -0.382. The maximum atomic E-state index is 11.9. The van der Waals surface area contributed by atoms with E-state index >= 15 is 0 Å². The van der Waals surface area contributed by atoms with E-state index < -0.39 is 0 Å². The predicted molar refractivity (Wildman–Crippen MR) is 73.2 cm³/mol. The molecule has 2 rings (SSSR count). The van der Waals surface area contributed by atoms with Crippen molar-refractivity contribution in [2.45, 2.75) is 38.2 Å². The molecule has 5 heteroatoms. The summed E-state index contributed by atoms with van der Waals surface area (Å²) in [5, 5.41) is 0.540. The number of benzene rings is 1. The summed E-state index contributed by atoms with van der Waals surface area (Å²) in [4.78, 5) is 11.9. The minimum Gasteiger partial charge on any atom is -0.459 e. The van der Waals surface area contributed by atoms with Crippen LogP contribution in [0.4, 0.5) is 5.69 Å². The molecule has 0 spiro atoms. The summed E-state index contributed by atoms with van der Waals surface area (Å²) in [6.45, 7) is 0. The number of carbonyl (C=O) groups excluding carboxylic acids is 1. The predicted octanol–water partition coefficient (Wildman–Crippen LogP) is 4.07. The van der Waals surface area contributed by atoms with E-state index in [9.17, 15) is 4.79 Å². The van der Waals surface area contributed by atoms with E-state index in [-0.39, 0.29) is 22.1 Å². The Labute approximate surface area is 116 Å². The second-order valence-electron chi connectivity index (χ2n) is 4.53. The Hall–Kier alpha value is -0.930. The number of esters is 1. The molecule has 0 atom stereocenters. The molecule has 0 unspecified atom stereocenters. The molecule has 98 valence electrons. The van der Waals surface area contributed by atoms with Gasteiger partial charge < -0.3 is 10.5 Å². The number of hydrogen-bond donors (Lipinski definition) is 1. The lowest BCUT2D eigenvalue weighted by molar-refractivity contribution is 0.0211. The molecule has 0 amide bonds. The number of halogens is 2. The average Bonchev–Trinajstić information content (AvgIpc) is 2.36. The summed E-state index contributed by atoms with van der Waals surface area (Å²) in [7, 11) is 0. The summed E-state index contributed by atoms with van der Waals surface area (Å²) < 4.78 is 5.43. The zero-order valence-electron chi connectivity index (χ0n) is 9.92. The van der Waals surface area contributed by atoms with Crippen LogP contribution in [0.2, 0.25) is 10.0 Å². The first-order valence-corrected chi connectivity index (χ1v) is 6.79. The van der Waals surface area contributed by atoms with Crippen LogP contribution in [0.3, 0.4) is 0 Å². The lowest BCUT2D eigenvalue weighted by Gasteiger charge is -2.21. The summed E-state index contributed by atoms with van der Waals surface area (Å²) in [6.07, 6.45) is 5.32. The van der Waals surface area contributed by atoms with E-state index in [0.29, 0.717) is 11.3 Å². The average molecular weight is 288 g/mol. The monoisotopic (exact) mass is 287 g/mol. The number of nitrogen functional groups attached to an aromatic ring is 1. The Balaban J connectivity index is 2.08. The molecule has 0 aliphatic heterocycles. The van der Waals surface area contributed by atoms with Crippen molar-refractivity contribution in [2.75, 3.05) is 5.73 Å². The first kappa shape index (κ1) is 13.5. The molecule has 1 aromatic carbocycles. The fraction of sp³-hybridized carbons (Fsp3) is 0.462. The van der Waals surface area contributed by atoms with Crippen molar-refractivity contribution in [2.24, 2.45) is 0 Å². The van der Waals surface area contributed by atoms with Crippen LogP contribution in [0, 0.1) is 0 Å². The van der Waals surface area contributed by atoms with Crippen LogP contribution in [0.25, 0.3) is 0 Å². The van der Waals surface area contributed by atoms with Crippen molar-refractivity contribution in [1.82, 2.24) is 0 Å². The van der Waals surface area contributed by atoms with Crippen LogP contribution in [0.5, 0.6) is 0 Å². The first-order chi connectivity index (χ1) is 8.58. The van der Waals surface area contributed by atoms with Gasteiger partial charge in [-0.25, -0.2) is 4.79 Å². The second kappa shape index (κ2) is 5.81. The van der Waals surface area contributed by atoms with Crippen molar-refractivity contribution in [3.63, 3.8) is 0 Å². The van der Waals surface area contributed by atoms with Gasteiger partial charge in [0, 0.05) is 0 Å². The molecule has 1 fully saturated rings. The fourth-order valence-electron chi connectivity index (χ4n) is 2.13. The lowest BCUT2D eigenvalue weighted by Crippen LogP contribution is -2.21. The molecule has 3 nitrogen and oxygen atoms in total. The van der Waals surface area contributed by atoms with Gasteiger partial charge in [0.1, 0.15) is 6.10 Å². The molecule has 2 N–H and O–H groups in total. The topological polar surface area (TPSA) is 52.3 Å². The number of nitrogens with two attached hydrogens (primary N) is 1. The summed E-state index contributed by atoms with van der Waals surface area (Å²) in [5.41, 5.74) is 6.31. The smallest absolute Gasteiger partial charge is 0.338 e. The number of carbonyl (C=O) groups is 1. The molecule has 0 heterocycles. The zero-order valence-corrected chi connectivity index (χ0v) is 11.4. The fourth-order valence-corrected chi connectivity index (χ4v) is 2.47. The van der Waals surface area contributed by atoms with Crippen LogP contribution in [0.1, 0.15) is 42.5 Å². The van der Waals surface area contributed by atoms with Gasteiger partial charge in [-0.3, -0.25) is 0 Å². The van der Waals surface area contributed by atoms with Crippen LogP contribution < -0.4 is 5.73 Å². The maximum absolute atomic E-state index is 11.9. The highest BCUT2D eigenvalue weighted by atomic mass is 35.5. The SMILES string of the molecule is Nc1cc(C(=O)OC2CCCCC2)cc(Cl)c1Cl. The normalized spacial score (nSPS) is 16.6. The highest BCUT2D eigenvalue weighted by molar-refractivity contribution is 6.43. The molecule has 1 aliphatic rings. The number of rotatable bonds is 2. The zero-order chi connectivity index (χ0) is 13.1. The molecule has 0 radical (unpaired) electrons. The van der Waals surface area contributed by atoms with Crippen LogP contribution in [-0.4, -0.2) is 12.1 Å². The van der Waals surface area contributed by atoms with Crippen LogP contribution in [-0.2, 0) is 4.74 Å². The van der Waals surface area contributed by atoms with Gasteiger partial charge in [-0.15, -0.1) is 0 Å². The molecular weight excluding hydrogens is 273 g/mol. The Bertz CT molecular complexity index is 433. The van der Waals surface area contributed by atoms with Crippen molar-refractivity contribution in [3.05, 3.63) is 27.7 Å². The van der Waals surface area contributed by atoms with Gasteiger partial charge in [0.25, 0.3) is 0 Å². The second-order valence-corrected chi connectivity index (χ2v) is 5.31. The summed E-state index contributed by atoms with van der Waals surface area (Å²) in [6, 6.07) is 2.99. The standard InChI is InChI=1S/C13H15Cl2NO2/c14-10-6-8(7-11(16)12(10)15)13(17)18-9-4-2-1-3-5-9/h6-7,9H,1-5,16H2. The van der Waals surface area contributed by atoms with E-state index in [4.69, 9.17) is 33.7 Å². The Morgan fingerprint density at radius 1 is 1.22 bits per heavy atom. The van der Waals surface area contributed by atoms with Gasteiger partial charge in [0.15, 0.2) is 0 Å². The van der Waals surface area contributed by atoms with Crippen LogP contribution >= 0.6 is 23.2 Å². The van der Waals surface area contributed by atoms with Crippen molar-refractivity contribution in [3.8, 4) is 0 Å². The quantitative estimate of drug-likeness (QED) is 0.659. The first-order valence-electron chi connectivity index (χ1n) is 6.03. The van der Waals surface area contributed by atoms with Gasteiger partial charge in [-0.2, -0.15) is 0 Å². The molecule has 0 bridgehead atoms. The van der Waals surface area contributed by atoms with Gasteiger partial charge in [0.05, 0.1) is 21.3 Å². The minimum atomic E-state index is -0.382. The lowest BCUT2D eigenvalue weighted by atomic mass is 9.98. The van der Waals surface area contributed by atoms with Crippen molar-refractivity contribution >= 4 is 34.9 Å². The highest BCUT2D eigenvalue weighted by Crippen LogP contribution is 2.30. The van der Waals surface area contributed by atoms with E-state index in [2.05, 4.69) is 0 Å². The van der Waals surface area contributed by atoms with Gasteiger partial charge in [-0.05, 0) is 37.8 Å². The van der Waals surface area contributed by atoms with Gasteiger partial charge >= 0.3 is 5.97 Å². The molecule has 0 aromatic heterocycles. The number of hydrogen-bond acceptors (Lipinski definition) is 3. The Morgan fingerprint density at radius 2 is 1.89 bits per heavy atom. The Morgan fingerprint density at radius 3 is 2.50 bits per heavy atom. The van der Waals surface area contributed by atoms with Crippen molar-refractivity contribution in [1.29, 1.82) is 0 Å². The molecule has 0 saturated heterocycles. The number of anilines is 1. The Kier molecular flexibility index (Phi) is 4.36. The van der Waals surface area contributed by atoms with E-state index in [1.165, 1.54) is 18.6 Å². The van der Waals surface area contributed by atoms with Gasteiger partial charge in [0.2, 0.25) is 0 Å². The van der Waals surface area contributed by atoms with E-state index in [1.807, 2.05) is 0 Å².